The predicted octanol–water partition coefficient (Wildman–Crippen LogP) is 3.15. The molecule has 0 fully saturated rings. The molecule has 0 bridgehead atoms. The second-order valence-electron chi connectivity index (χ2n) is 5.44. The Balaban J connectivity index is 2.55. The molecule has 21 heavy (non-hydrogen) atoms. The molecule has 1 heterocycles. The molecule has 4 heteroatoms. The van der Waals surface area contributed by atoms with E-state index in [4.69, 9.17) is 10.5 Å². The van der Waals surface area contributed by atoms with Gasteiger partial charge in [-0.25, -0.2) is 0 Å². The van der Waals surface area contributed by atoms with E-state index in [2.05, 4.69) is 13.8 Å². The van der Waals surface area contributed by atoms with Crippen molar-refractivity contribution < 1.29 is 4.74 Å². The molecule has 1 aromatic heterocycles. The first-order valence-electron chi connectivity index (χ1n) is 7.25. The van der Waals surface area contributed by atoms with E-state index in [0.717, 1.165) is 17.0 Å². The number of ether oxygens (including phenoxy) is 1. The highest BCUT2D eigenvalue weighted by molar-refractivity contribution is 5.63. The van der Waals surface area contributed by atoms with Crippen molar-refractivity contribution in [3.63, 3.8) is 0 Å². The van der Waals surface area contributed by atoms with Crippen LogP contribution in [0.4, 0.5) is 5.69 Å². The number of hydrogen-bond acceptors (Lipinski definition) is 3. The largest absolute Gasteiger partial charge is 0.494 e. The summed E-state index contributed by atoms with van der Waals surface area (Å²) in [6.45, 7) is 7.36. The van der Waals surface area contributed by atoms with E-state index in [-0.39, 0.29) is 11.2 Å². The first-order chi connectivity index (χ1) is 10.0. The fourth-order valence-electron chi connectivity index (χ4n) is 2.31. The SMILES string of the molecule is CCOc1cccc(-c2ccc(N)c(=O)n2CC(C)C)c1. The molecule has 2 N–H and O–H groups in total. The first-order valence-corrected chi connectivity index (χ1v) is 7.25. The van der Waals surface area contributed by atoms with E-state index in [1.54, 1.807) is 10.6 Å². The molecule has 0 amide bonds. The van der Waals surface area contributed by atoms with Crippen molar-refractivity contribution in [1.82, 2.24) is 4.57 Å². The Kier molecular flexibility index (Phi) is 4.68. The van der Waals surface area contributed by atoms with E-state index >= 15 is 0 Å². The highest BCUT2D eigenvalue weighted by atomic mass is 16.5. The summed E-state index contributed by atoms with van der Waals surface area (Å²) in [6.07, 6.45) is 0. The van der Waals surface area contributed by atoms with Gasteiger partial charge in [0.2, 0.25) is 0 Å². The number of hydrogen-bond donors (Lipinski definition) is 1. The zero-order valence-electron chi connectivity index (χ0n) is 12.8. The fourth-order valence-corrected chi connectivity index (χ4v) is 2.31. The molecular formula is C17H22N2O2. The van der Waals surface area contributed by atoms with Crippen LogP contribution in [0.15, 0.2) is 41.2 Å². The van der Waals surface area contributed by atoms with Crippen LogP contribution >= 0.6 is 0 Å². The maximum Gasteiger partial charge on any atom is 0.274 e. The quantitative estimate of drug-likeness (QED) is 0.918. The minimum absolute atomic E-state index is 0.136. The van der Waals surface area contributed by atoms with Crippen LogP contribution in [0.5, 0.6) is 5.75 Å². The van der Waals surface area contributed by atoms with Gasteiger partial charge in [-0.15, -0.1) is 0 Å². The number of nitrogens with two attached hydrogens (primary N) is 1. The molecule has 0 radical (unpaired) electrons. The predicted molar refractivity (Wildman–Crippen MR) is 86.6 cm³/mol. The van der Waals surface area contributed by atoms with Gasteiger partial charge < -0.3 is 15.0 Å². The van der Waals surface area contributed by atoms with Gasteiger partial charge in [-0.3, -0.25) is 4.79 Å². The van der Waals surface area contributed by atoms with Crippen molar-refractivity contribution in [2.24, 2.45) is 5.92 Å². The van der Waals surface area contributed by atoms with Gasteiger partial charge in [0.1, 0.15) is 5.75 Å². The van der Waals surface area contributed by atoms with E-state index in [1.807, 2.05) is 37.3 Å². The van der Waals surface area contributed by atoms with Crippen molar-refractivity contribution in [3.05, 3.63) is 46.8 Å². The van der Waals surface area contributed by atoms with Gasteiger partial charge in [0.15, 0.2) is 0 Å². The summed E-state index contributed by atoms with van der Waals surface area (Å²) in [5, 5.41) is 0. The maximum absolute atomic E-state index is 12.3. The zero-order chi connectivity index (χ0) is 15.4. The van der Waals surface area contributed by atoms with Crippen LogP contribution in [0.3, 0.4) is 0 Å². The number of rotatable bonds is 5. The molecule has 2 rings (SSSR count). The lowest BCUT2D eigenvalue weighted by molar-refractivity contribution is 0.340. The van der Waals surface area contributed by atoms with Crippen molar-refractivity contribution in [2.75, 3.05) is 12.3 Å². The third kappa shape index (κ3) is 3.45. The third-order valence-corrected chi connectivity index (χ3v) is 3.19. The molecule has 112 valence electrons. The summed E-state index contributed by atoms with van der Waals surface area (Å²) in [4.78, 5) is 12.3. The molecule has 0 saturated heterocycles. The smallest absolute Gasteiger partial charge is 0.274 e. The Morgan fingerprint density at radius 3 is 2.67 bits per heavy atom. The highest BCUT2D eigenvalue weighted by Crippen LogP contribution is 2.24. The molecule has 0 aliphatic carbocycles. The number of pyridine rings is 1. The summed E-state index contributed by atoms with van der Waals surface area (Å²) in [7, 11) is 0. The molecule has 1 aromatic carbocycles. The minimum Gasteiger partial charge on any atom is -0.494 e. The first kappa shape index (κ1) is 15.2. The van der Waals surface area contributed by atoms with Crippen molar-refractivity contribution >= 4 is 5.69 Å². The molecule has 0 aliphatic heterocycles. The number of aromatic nitrogens is 1. The van der Waals surface area contributed by atoms with Crippen LogP contribution < -0.4 is 16.0 Å². The lowest BCUT2D eigenvalue weighted by Gasteiger charge is -2.16. The molecule has 0 unspecified atom stereocenters. The normalized spacial score (nSPS) is 10.9. The van der Waals surface area contributed by atoms with Gasteiger partial charge in [0.05, 0.1) is 18.0 Å². The van der Waals surface area contributed by atoms with Crippen LogP contribution in [0.25, 0.3) is 11.3 Å². The van der Waals surface area contributed by atoms with Gasteiger partial charge in [-0.1, -0.05) is 26.0 Å². The minimum atomic E-state index is -0.136. The summed E-state index contributed by atoms with van der Waals surface area (Å²) in [6, 6.07) is 11.3. The topological polar surface area (TPSA) is 57.2 Å². The van der Waals surface area contributed by atoms with E-state index < -0.39 is 0 Å². The Labute approximate surface area is 125 Å². The lowest BCUT2D eigenvalue weighted by atomic mass is 10.1. The second-order valence-corrected chi connectivity index (χ2v) is 5.44. The number of benzene rings is 1. The van der Waals surface area contributed by atoms with Gasteiger partial charge >= 0.3 is 0 Å². The fraction of sp³-hybridized carbons (Fsp3) is 0.353. The van der Waals surface area contributed by atoms with Gasteiger partial charge in [0.25, 0.3) is 5.56 Å². The summed E-state index contributed by atoms with van der Waals surface area (Å²) in [5.41, 5.74) is 7.73. The van der Waals surface area contributed by atoms with Crippen LogP contribution in [0.1, 0.15) is 20.8 Å². The van der Waals surface area contributed by atoms with Crippen LogP contribution in [0, 0.1) is 5.92 Å². The monoisotopic (exact) mass is 286 g/mol. The Morgan fingerprint density at radius 1 is 1.24 bits per heavy atom. The molecule has 4 nitrogen and oxygen atoms in total. The van der Waals surface area contributed by atoms with E-state index in [1.165, 1.54) is 0 Å². The summed E-state index contributed by atoms with van der Waals surface area (Å²) in [5.74, 6) is 1.16. The number of anilines is 1. The summed E-state index contributed by atoms with van der Waals surface area (Å²) < 4.78 is 7.27. The van der Waals surface area contributed by atoms with E-state index in [9.17, 15) is 4.79 Å². The van der Waals surface area contributed by atoms with Crippen molar-refractivity contribution in [2.45, 2.75) is 27.3 Å². The zero-order valence-corrected chi connectivity index (χ0v) is 12.8. The average molecular weight is 286 g/mol. The van der Waals surface area contributed by atoms with Crippen LogP contribution in [-0.4, -0.2) is 11.2 Å². The van der Waals surface area contributed by atoms with Crippen molar-refractivity contribution in [1.29, 1.82) is 0 Å². The molecule has 0 spiro atoms. The number of nitrogen functional groups attached to an aromatic ring is 1. The highest BCUT2D eigenvalue weighted by Gasteiger charge is 2.11. The maximum atomic E-state index is 12.3. The molecule has 2 aromatic rings. The average Bonchev–Trinajstić information content (AvgIpc) is 2.44. The summed E-state index contributed by atoms with van der Waals surface area (Å²) >= 11 is 0. The molecule has 0 atom stereocenters. The molecule has 0 saturated carbocycles. The standard InChI is InChI=1S/C17H22N2O2/c1-4-21-14-7-5-6-13(10-14)16-9-8-15(18)17(20)19(16)11-12(2)3/h5-10,12H,4,11,18H2,1-3H3. The Morgan fingerprint density at radius 2 is 2.00 bits per heavy atom. The van der Waals surface area contributed by atoms with E-state index in [0.29, 0.717) is 19.1 Å². The van der Waals surface area contributed by atoms with Crippen LogP contribution in [-0.2, 0) is 6.54 Å². The number of nitrogens with zero attached hydrogens (tertiary/aromatic N) is 1. The van der Waals surface area contributed by atoms with Gasteiger partial charge in [-0.2, -0.15) is 0 Å². The van der Waals surface area contributed by atoms with Gasteiger partial charge in [-0.05, 0) is 37.1 Å². The second kappa shape index (κ2) is 6.48. The lowest BCUT2D eigenvalue weighted by Crippen LogP contribution is -2.26. The Hall–Kier alpha value is -2.23. The third-order valence-electron chi connectivity index (χ3n) is 3.19. The Bertz CT molecular complexity index is 675. The molecular weight excluding hydrogens is 264 g/mol. The van der Waals surface area contributed by atoms with Crippen molar-refractivity contribution in [3.8, 4) is 17.0 Å². The van der Waals surface area contributed by atoms with Gasteiger partial charge in [0, 0.05) is 12.1 Å². The molecule has 0 aliphatic rings. The van der Waals surface area contributed by atoms with Crippen LogP contribution in [0.2, 0.25) is 0 Å².